The van der Waals surface area contributed by atoms with Crippen LogP contribution in [-0.4, -0.2) is 38.0 Å². The van der Waals surface area contributed by atoms with Gasteiger partial charge in [0.2, 0.25) is 5.91 Å². The first-order valence-electron chi connectivity index (χ1n) is 3.77. The zero-order valence-corrected chi connectivity index (χ0v) is 7.42. The number of nitrogens with one attached hydrogen (secondary N) is 1. The predicted molar refractivity (Wildman–Crippen MR) is 46.4 cm³/mol. The Balaban J connectivity index is 3.51. The van der Waals surface area contributed by atoms with E-state index in [2.05, 4.69) is 17.1 Å². The summed E-state index contributed by atoms with van der Waals surface area (Å²) in [7, 11) is 3.63. The molecule has 0 saturated carbocycles. The van der Waals surface area contributed by atoms with Gasteiger partial charge in [-0.2, -0.15) is 0 Å². The Morgan fingerprint density at radius 3 is 2.73 bits per heavy atom. The number of amides is 1. The normalized spacial score (nSPS) is 10.9. The summed E-state index contributed by atoms with van der Waals surface area (Å²) in [4.78, 5) is 12.8. The second-order valence-electron chi connectivity index (χ2n) is 2.37. The van der Waals surface area contributed by atoms with Crippen LogP contribution in [-0.2, 0) is 4.79 Å². The molecule has 0 atom stereocenters. The third kappa shape index (κ3) is 5.61. The van der Waals surface area contributed by atoms with Gasteiger partial charge in [-0.15, -0.1) is 0 Å². The van der Waals surface area contributed by atoms with E-state index < -0.39 is 0 Å². The molecule has 0 radical (unpaired) electrons. The van der Waals surface area contributed by atoms with Crippen molar-refractivity contribution in [3.63, 3.8) is 0 Å². The van der Waals surface area contributed by atoms with E-state index in [4.69, 9.17) is 0 Å². The third-order valence-corrected chi connectivity index (χ3v) is 1.47. The molecule has 64 valence electrons. The van der Waals surface area contributed by atoms with E-state index in [1.54, 1.807) is 13.1 Å². The summed E-state index contributed by atoms with van der Waals surface area (Å²) in [6, 6.07) is 0. The van der Waals surface area contributed by atoms with Gasteiger partial charge in [0.05, 0.1) is 0 Å². The zero-order chi connectivity index (χ0) is 8.69. The van der Waals surface area contributed by atoms with Crippen LogP contribution in [0.3, 0.4) is 0 Å². The van der Waals surface area contributed by atoms with Crippen LogP contribution >= 0.6 is 0 Å². The molecule has 1 amide bonds. The Kier molecular flexibility index (Phi) is 5.47. The van der Waals surface area contributed by atoms with Crippen LogP contribution in [0.25, 0.3) is 0 Å². The molecule has 0 saturated heterocycles. The van der Waals surface area contributed by atoms with E-state index in [9.17, 15) is 4.79 Å². The van der Waals surface area contributed by atoms with E-state index in [1.165, 1.54) is 0 Å². The first-order valence-corrected chi connectivity index (χ1v) is 3.77. The smallest absolute Gasteiger partial charge is 0.243 e. The van der Waals surface area contributed by atoms with Gasteiger partial charge in [-0.3, -0.25) is 4.79 Å². The summed E-state index contributed by atoms with van der Waals surface area (Å²) in [6.07, 6.45) is 3.40. The molecule has 0 aromatic rings. The monoisotopic (exact) mass is 156 g/mol. The van der Waals surface area contributed by atoms with Crippen LogP contribution in [0.5, 0.6) is 0 Å². The lowest BCUT2D eigenvalue weighted by molar-refractivity contribution is -0.116. The lowest BCUT2D eigenvalue weighted by atomic mass is 10.4. The molecule has 1 N–H and O–H groups in total. The van der Waals surface area contributed by atoms with Gasteiger partial charge in [0, 0.05) is 19.7 Å². The summed E-state index contributed by atoms with van der Waals surface area (Å²) >= 11 is 0. The molecule has 0 aliphatic carbocycles. The first kappa shape index (κ1) is 10.2. The van der Waals surface area contributed by atoms with Gasteiger partial charge < -0.3 is 10.2 Å². The number of nitrogens with zero attached hydrogens (tertiary/aromatic N) is 1. The van der Waals surface area contributed by atoms with E-state index in [-0.39, 0.29) is 5.91 Å². The van der Waals surface area contributed by atoms with Crippen molar-refractivity contribution in [2.45, 2.75) is 6.92 Å². The standard InChI is InChI=1S/C8H16N2O/c1-4-10(3)7-5-6-8(11)9-2/h5-6H,4,7H2,1-3H3,(H,9,11). The van der Waals surface area contributed by atoms with E-state index >= 15 is 0 Å². The molecular weight excluding hydrogens is 140 g/mol. The quantitative estimate of drug-likeness (QED) is 0.591. The van der Waals surface area contributed by atoms with Gasteiger partial charge >= 0.3 is 0 Å². The van der Waals surface area contributed by atoms with Crippen LogP contribution in [0, 0.1) is 0 Å². The van der Waals surface area contributed by atoms with Gasteiger partial charge in [0.1, 0.15) is 0 Å². The van der Waals surface area contributed by atoms with E-state index in [0.29, 0.717) is 0 Å². The molecule has 0 unspecified atom stereocenters. The minimum atomic E-state index is -0.0468. The lowest BCUT2D eigenvalue weighted by Gasteiger charge is -2.08. The Hall–Kier alpha value is -0.830. The summed E-state index contributed by atoms with van der Waals surface area (Å²) in [5.74, 6) is -0.0468. The van der Waals surface area contributed by atoms with E-state index in [1.807, 2.05) is 13.1 Å². The predicted octanol–water partition coefficient (Wildman–Crippen LogP) is 0.240. The second-order valence-corrected chi connectivity index (χ2v) is 2.37. The van der Waals surface area contributed by atoms with Crippen LogP contribution in [0.2, 0.25) is 0 Å². The largest absolute Gasteiger partial charge is 0.356 e. The highest BCUT2D eigenvalue weighted by Crippen LogP contribution is 1.81. The minimum absolute atomic E-state index is 0.0468. The molecule has 3 nitrogen and oxygen atoms in total. The number of likely N-dealkylation sites (N-methyl/N-ethyl adjacent to an activating group) is 2. The van der Waals surface area contributed by atoms with Crippen LogP contribution in [0.1, 0.15) is 6.92 Å². The van der Waals surface area contributed by atoms with Gasteiger partial charge in [-0.05, 0) is 13.6 Å². The van der Waals surface area contributed by atoms with Gasteiger partial charge in [0.15, 0.2) is 0 Å². The maximum atomic E-state index is 10.7. The average molecular weight is 156 g/mol. The van der Waals surface area contributed by atoms with Crippen LogP contribution < -0.4 is 5.32 Å². The maximum absolute atomic E-state index is 10.7. The molecule has 0 aromatic heterocycles. The highest BCUT2D eigenvalue weighted by Gasteiger charge is 1.90. The Labute approximate surface area is 68.1 Å². The second kappa shape index (κ2) is 5.92. The van der Waals surface area contributed by atoms with Crippen molar-refractivity contribution < 1.29 is 4.79 Å². The van der Waals surface area contributed by atoms with Crippen molar-refractivity contribution in [2.24, 2.45) is 0 Å². The number of carbonyl (C=O) groups excluding carboxylic acids is 1. The topological polar surface area (TPSA) is 32.3 Å². The van der Waals surface area contributed by atoms with Crippen molar-refractivity contribution in [3.05, 3.63) is 12.2 Å². The molecule has 0 spiro atoms. The summed E-state index contributed by atoms with van der Waals surface area (Å²) in [5, 5.41) is 2.51. The maximum Gasteiger partial charge on any atom is 0.243 e. The Morgan fingerprint density at radius 1 is 1.64 bits per heavy atom. The Morgan fingerprint density at radius 2 is 2.27 bits per heavy atom. The van der Waals surface area contributed by atoms with Crippen LogP contribution in [0.4, 0.5) is 0 Å². The summed E-state index contributed by atoms with van der Waals surface area (Å²) in [6.45, 7) is 3.90. The fourth-order valence-corrected chi connectivity index (χ4v) is 0.552. The Bertz CT molecular complexity index is 143. The van der Waals surface area contributed by atoms with Gasteiger partial charge in [-0.25, -0.2) is 0 Å². The average Bonchev–Trinajstić information content (AvgIpc) is 2.04. The van der Waals surface area contributed by atoms with E-state index in [0.717, 1.165) is 13.1 Å². The van der Waals surface area contributed by atoms with Crippen molar-refractivity contribution in [1.29, 1.82) is 0 Å². The number of carbonyl (C=O) groups is 1. The molecule has 11 heavy (non-hydrogen) atoms. The molecule has 0 heterocycles. The van der Waals surface area contributed by atoms with Crippen molar-refractivity contribution >= 4 is 5.91 Å². The minimum Gasteiger partial charge on any atom is -0.356 e. The molecule has 0 rings (SSSR count). The highest BCUT2D eigenvalue weighted by molar-refractivity contribution is 5.87. The van der Waals surface area contributed by atoms with Gasteiger partial charge in [-0.1, -0.05) is 13.0 Å². The summed E-state index contributed by atoms with van der Waals surface area (Å²) in [5.41, 5.74) is 0. The van der Waals surface area contributed by atoms with Crippen molar-refractivity contribution in [1.82, 2.24) is 10.2 Å². The molecule has 0 fully saturated rings. The number of hydrogen-bond acceptors (Lipinski definition) is 2. The number of hydrogen-bond donors (Lipinski definition) is 1. The van der Waals surface area contributed by atoms with Crippen molar-refractivity contribution in [2.75, 3.05) is 27.2 Å². The first-order chi connectivity index (χ1) is 5.20. The molecule has 0 aliphatic rings. The molecule has 3 heteroatoms. The fourth-order valence-electron chi connectivity index (χ4n) is 0.552. The molecule has 0 aromatic carbocycles. The molecule has 0 aliphatic heterocycles. The SMILES string of the molecule is CCN(C)CC=CC(=O)NC. The highest BCUT2D eigenvalue weighted by atomic mass is 16.1. The van der Waals surface area contributed by atoms with Gasteiger partial charge in [0.25, 0.3) is 0 Å². The third-order valence-electron chi connectivity index (χ3n) is 1.47. The fraction of sp³-hybridized carbons (Fsp3) is 0.625. The zero-order valence-electron chi connectivity index (χ0n) is 7.42. The van der Waals surface area contributed by atoms with Crippen molar-refractivity contribution in [3.8, 4) is 0 Å². The molecular formula is C8H16N2O. The number of rotatable bonds is 4. The van der Waals surface area contributed by atoms with Crippen LogP contribution in [0.15, 0.2) is 12.2 Å². The summed E-state index contributed by atoms with van der Waals surface area (Å²) < 4.78 is 0. The lowest BCUT2D eigenvalue weighted by Crippen LogP contribution is -2.19. The molecule has 0 bridgehead atoms.